The number of nitrogens with zero attached hydrogens (tertiary/aromatic N) is 3. The van der Waals surface area contributed by atoms with Crippen molar-refractivity contribution in [1.29, 1.82) is 0 Å². The summed E-state index contributed by atoms with van der Waals surface area (Å²) in [5.74, 6) is 2.22. The van der Waals surface area contributed by atoms with Gasteiger partial charge in [-0.25, -0.2) is 0 Å². The van der Waals surface area contributed by atoms with Crippen LogP contribution < -0.4 is 0 Å². The topological polar surface area (TPSA) is 32.5 Å². The largest absolute Gasteiger partial charge is 0.465 e. The molecule has 0 radical (unpaired) electrons. The Morgan fingerprint density at radius 2 is 1.73 bits per heavy atom. The van der Waals surface area contributed by atoms with Gasteiger partial charge in [-0.2, -0.15) is 0 Å². The lowest BCUT2D eigenvalue weighted by atomic mass is 10.2. The van der Waals surface area contributed by atoms with E-state index < -0.39 is 0 Å². The molecule has 0 N–H and O–H groups in total. The fourth-order valence-electron chi connectivity index (χ4n) is 2.96. The van der Waals surface area contributed by atoms with Crippen LogP contribution in [0.5, 0.6) is 0 Å². The van der Waals surface area contributed by atoms with E-state index in [0.717, 1.165) is 63.6 Å². The minimum Gasteiger partial charge on any atom is -0.465 e. The van der Waals surface area contributed by atoms with Crippen LogP contribution in [0, 0.1) is 0 Å². The molecule has 4 heteroatoms. The van der Waals surface area contributed by atoms with Crippen LogP contribution in [0.3, 0.4) is 0 Å². The lowest BCUT2D eigenvalue weighted by Crippen LogP contribution is -2.45. The zero-order chi connectivity index (χ0) is 15.2. The molecule has 3 rings (SSSR count). The minimum absolute atomic E-state index is 0.935. The Morgan fingerprint density at radius 3 is 2.41 bits per heavy atom. The van der Waals surface area contributed by atoms with E-state index in [1.807, 2.05) is 18.5 Å². The molecule has 0 spiro atoms. The predicted molar refractivity (Wildman–Crippen MR) is 87.5 cm³/mol. The highest BCUT2D eigenvalue weighted by molar-refractivity contribution is 5.09. The Labute approximate surface area is 132 Å². The van der Waals surface area contributed by atoms with Crippen LogP contribution in [0.25, 0.3) is 0 Å². The molecule has 0 saturated carbocycles. The molecule has 1 aliphatic heterocycles. The van der Waals surface area contributed by atoms with Gasteiger partial charge in [0.2, 0.25) is 0 Å². The highest BCUT2D eigenvalue weighted by Gasteiger charge is 2.18. The minimum atomic E-state index is 0.935. The third-order valence-electron chi connectivity index (χ3n) is 4.19. The quantitative estimate of drug-likeness (QED) is 0.821. The van der Waals surface area contributed by atoms with Crippen molar-refractivity contribution < 1.29 is 4.42 Å². The van der Waals surface area contributed by atoms with Crippen molar-refractivity contribution in [3.05, 3.63) is 53.7 Å². The monoisotopic (exact) mass is 299 g/mol. The Bertz CT molecular complexity index is 559. The Hall–Kier alpha value is -1.65. The first kappa shape index (κ1) is 15.3. The number of hydrogen-bond acceptors (Lipinski definition) is 4. The first-order valence-electron chi connectivity index (χ1n) is 8.24. The maximum Gasteiger partial charge on any atom is 0.118 e. The summed E-state index contributed by atoms with van der Waals surface area (Å²) >= 11 is 0. The van der Waals surface area contributed by atoms with Crippen molar-refractivity contribution in [3.8, 4) is 0 Å². The smallest absolute Gasteiger partial charge is 0.118 e. The molecule has 118 valence electrons. The molecule has 3 heterocycles. The third-order valence-corrected chi connectivity index (χ3v) is 4.19. The normalized spacial score (nSPS) is 17.0. The maximum atomic E-state index is 5.89. The van der Waals surface area contributed by atoms with E-state index in [0.29, 0.717) is 0 Å². The molecule has 1 aliphatic rings. The van der Waals surface area contributed by atoms with Crippen LogP contribution in [-0.4, -0.2) is 41.0 Å². The molecule has 0 atom stereocenters. The number of piperazine rings is 1. The number of rotatable bonds is 6. The molecular formula is C18H25N3O. The van der Waals surface area contributed by atoms with Gasteiger partial charge in [0.1, 0.15) is 11.5 Å². The van der Waals surface area contributed by atoms with Crippen LogP contribution >= 0.6 is 0 Å². The fraction of sp³-hybridized carbons (Fsp3) is 0.500. The van der Waals surface area contributed by atoms with Gasteiger partial charge in [-0.3, -0.25) is 14.8 Å². The number of aryl methyl sites for hydroxylation is 1. The first-order chi connectivity index (χ1) is 10.8. The number of hydrogen-bond donors (Lipinski definition) is 0. The summed E-state index contributed by atoms with van der Waals surface area (Å²) in [5, 5.41) is 0. The molecule has 2 aromatic rings. The average molecular weight is 299 g/mol. The summed E-state index contributed by atoms with van der Waals surface area (Å²) < 4.78 is 5.89. The van der Waals surface area contributed by atoms with E-state index >= 15 is 0 Å². The van der Waals surface area contributed by atoms with Gasteiger partial charge < -0.3 is 4.42 Å². The zero-order valence-electron chi connectivity index (χ0n) is 13.4. The second kappa shape index (κ2) is 7.56. The molecule has 4 nitrogen and oxygen atoms in total. The lowest BCUT2D eigenvalue weighted by molar-refractivity contribution is 0.115. The lowest BCUT2D eigenvalue weighted by Gasteiger charge is -2.34. The summed E-state index contributed by atoms with van der Waals surface area (Å²) in [4.78, 5) is 9.17. The highest BCUT2D eigenvalue weighted by atomic mass is 16.3. The number of furan rings is 1. The van der Waals surface area contributed by atoms with Gasteiger partial charge in [-0.15, -0.1) is 0 Å². The molecule has 22 heavy (non-hydrogen) atoms. The van der Waals surface area contributed by atoms with Gasteiger partial charge in [-0.1, -0.05) is 13.0 Å². The molecule has 0 aliphatic carbocycles. The second-order valence-electron chi connectivity index (χ2n) is 6.03. The van der Waals surface area contributed by atoms with Gasteiger partial charge in [0.15, 0.2) is 0 Å². The van der Waals surface area contributed by atoms with E-state index in [1.54, 1.807) is 0 Å². The van der Waals surface area contributed by atoms with E-state index in [4.69, 9.17) is 4.42 Å². The van der Waals surface area contributed by atoms with Crippen molar-refractivity contribution >= 4 is 0 Å². The van der Waals surface area contributed by atoms with Crippen LogP contribution in [0.15, 0.2) is 41.1 Å². The van der Waals surface area contributed by atoms with E-state index in [9.17, 15) is 0 Å². The van der Waals surface area contributed by atoms with E-state index in [2.05, 4.69) is 39.9 Å². The Kier molecular flexibility index (Phi) is 5.24. The zero-order valence-corrected chi connectivity index (χ0v) is 13.4. The number of aromatic nitrogens is 1. The van der Waals surface area contributed by atoms with Gasteiger partial charge in [0.05, 0.1) is 6.54 Å². The van der Waals surface area contributed by atoms with Gasteiger partial charge >= 0.3 is 0 Å². The SMILES string of the molecule is CCCc1ccc(CN2CCN(Cc3cccnc3)CC2)o1. The van der Waals surface area contributed by atoms with Crippen LogP contribution in [-0.2, 0) is 19.5 Å². The summed E-state index contributed by atoms with van der Waals surface area (Å²) in [6.07, 6.45) is 5.97. The van der Waals surface area contributed by atoms with Crippen molar-refractivity contribution in [2.24, 2.45) is 0 Å². The molecule has 0 bridgehead atoms. The van der Waals surface area contributed by atoms with Gasteiger partial charge in [0, 0.05) is 51.5 Å². The predicted octanol–water partition coefficient (Wildman–Crippen LogP) is 2.94. The standard InChI is InChI=1S/C18H25N3O/c1-2-4-17-6-7-18(22-17)15-21-11-9-20(10-12-21)14-16-5-3-8-19-13-16/h3,5-8,13H,2,4,9-12,14-15H2,1H3. The Balaban J connectivity index is 1.45. The molecule has 0 amide bonds. The summed E-state index contributed by atoms with van der Waals surface area (Å²) in [5.41, 5.74) is 1.30. The maximum absolute atomic E-state index is 5.89. The summed E-state index contributed by atoms with van der Waals surface area (Å²) in [6.45, 7) is 8.54. The molecule has 1 saturated heterocycles. The van der Waals surface area contributed by atoms with E-state index in [-0.39, 0.29) is 0 Å². The molecule has 0 aromatic carbocycles. The second-order valence-corrected chi connectivity index (χ2v) is 6.03. The molecule has 2 aromatic heterocycles. The van der Waals surface area contributed by atoms with Crippen molar-refractivity contribution in [1.82, 2.24) is 14.8 Å². The molecule has 1 fully saturated rings. The van der Waals surface area contributed by atoms with Crippen molar-refractivity contribution in [2.45, 2.75) is 32.9 Å². The van der Waals surface area contributed by atoms with Crippen molar-refractivity contribution in [2.75, 3.05) is 26.2 Å². The average Bonchev–Trinajstić information content (AvgIpc) is 2.98. The number of pyridine rings is 1. The van der Waals surface area contributed by atoms with Crippen molar-refractivity contribution in [3.63, 3.8) is 0 Å². The first-order valence-corrected chi connectivity index (χ1v) is 8.24. The van der Waals surface area contributed by atoms with Crippen LogP contribution in [0.4, 0.5) is 0 Å². The third kappa shape index (κ3) is 4.18. The molecular weight excluding hydrogens is 274 g/mol. The highest BCUT2D eigenvalue weighted by Crippen LogP contribution is 2.14. The fourth-order valence-corrected chi connectivity index (χ4v) is 2.96. The van der Waals surface area contributed by atoms with Crippen LogP contribution in [0.2, 0.25) is 0 Å². The van der Waals surface area contributed by atoms with Gasteiger partial charge in [0.25, 0.3) is 0 Å². The summed E-state index contributed by atoms with van der Waals surface area (Å²) in [7, 11) is 0. The summed E-state index contributed by atoms with van der Waals surface area (Å²) in [6, 6.07) is 8.42. The van der Waals surface area contributed by atoms with Crippen LogP contribution in [0.1, 0.15) is 30.4 Å². The van der Waals surface area contributed by atoms with E-state index in [1.165, 1.54) is 5.56 Å². The Morgan fingerprint density at radius 1 is 1.00 bits per heavy atom. The van der Waals surface area contributed by atoms with Gasteiger partial charge in [-0.05, 0) is 30.2 Å². The molecule has 0 unspecified atom stereocenters.